The molecular formula is C25H29N5O2. The first-order valence-electron chi connectivity index (χ1n) is 10.9. The number of likely N-dealkylation sites (tertiary alicyclic amines) is 1. The molecular weight excluding hydrogens is 402 g/mol. The van der Waals surface area contributed by atoms with Crippen LogP contribution in [0.2, 0.25) is 0 Å². The van der Waals surface area contributed by atoms with Crippen LogP contribution in [0.1, 0.15) is 46.9 Å². The molecule has 166 valence electrons. The van der Waals surface area contributed by atoms with E-state index in [1.807, 2.05) is 67.5 Å². The fraction of sp³-hybridized carbons (Fsp3) is 0.360. The Kier molecular flexibility index (Phi) is 6.35. The molecule has 1 aromatic carbocycles. The molecule has 32 heavy (non-hydrogen) atoms. The van der Waals surface area contributed by atoms with Crippen molar-refractivity contribution in [2.45, 2.75) is 32.2 Å². The zero-order valence-corrected chi connectivity index (χ0v) is 19.1. The van der Waals surface area contributed by atoms with Gasteiger partial charge in [-0.25, -0.2) is 9.97 Å². The molecule has 0 N–H and O–H groups in total. The van der Waals surface area contributed by atoms with Gasteiger partial charge in [0.15, 0.2) is 0 Å². The molecule has 0 bridgehead atoms. The number of piperidine rings is 1. The van der Waals surface area contributed by atoms with E-state index >= 15 is 0 Å². The Labute approximate surface area is 189 Å². The molecule has 7 nitrogen and oxygen atoms in total. The van der Waals surface area contributed by atoms with E-state index in [-0.39, 0.29) is 11.9 Å². The number of carbonyl (C=O) groups is 1. The van der Waals surface area contributed by atoms with Crippen molar-refractivity contribution < 1.29 is 9.53 Å². The quantitative estimate of drug-likeness (QED) is 0.600. The predicted molar refractivity (Wildman–Crippen MR) is 125 cm³/mol. The molecule has 3 heterocycles. The van der Waals surface area contributed by atoms with Gasteiger partial charge in [-0.3, -0.25) is 9.78 Å². The lowest BCUT2D eigenvalue weighted by molar-refractivity contribution is 0.0606. The van der Waals surface area contributed by atoms with E-state index in [9.17, 15) is 4.79 Å². The summed E-state index contributed by atoms with van der Waals surface area (Å²) in [5, 5.41) is 0. The van der Waals surface area contributed by atoms with E-state index < -0.39 is 0 Å². The molecule has 0 unspecified atom stereocenters. The SMILES string of the molecule is COc1cccc(C(=O)N2CCCC[C@H]2c2nc(N(C)C)ncc2-c2ccncc2C)c1. The largest absolute Gasteiger partial charge is 0.497 e. The Balaban J connectivity index is 1.81. The Morgan fingerprint density at radius 2 is 2.00 bits per heavy atom. The fourth-order valence-corrected chi connectivity index (χ4v) is 4.22. The number of pyridine rings is 1. The number of hydrogen-bond donors (Lipinski definition) is 0. The lowest BCUT2D eigenvalue weighted by Gasteiger charge is -2.36. The van der Waals surface area contributed by atoms with Crippen LogP contribution in [0.5, 0.6) is 5.75 Å². The molecule has 7 heteroatoms. The highest BCUT2D eigenvalue weighted by molar-refractivity contribution is 5.95. The molecule has 1 atom stereocenters. The zero-order valence-electron chi connectivity index (χ0n) is 19.1. The highest BCUT2D eigenvalue weighted by atomic mass is 16.5. The van der Waals surface area contributed by atoms with Crippen LogP contribution in [0.25, 0.3) is 11.1 Å². The summed E-state index contributed by atoms with van der Waals surface area (Å²) in [6.07, 6.45) is 8.38. The van der Waals surface area contributed by atoms with Crippen LogP contribution in [0, 0.1) is 6.92 Å². The molecule has 1 aliphatic rings. The summed E-state index contributed by atoms with van der Waals surface area (Å²) in [6.45, 7) is 2.72. The number of ether oxygens (including phenoxy) is 1. The van der Waals surface area contributed by atoms with Gasteiger partial charge in [-0.15, -0.1) is 0 Å². The van der Waals surface area contributed by atoms with Crippen molar-refractivity contribution in [1.82, 2.24) is 19.9 Å². The van der Waals surface area contributed by atoms with Crippen LogP contribution in [0.15, 0.2) is 48.9 Å². The van der Waals surface area contributed by atoms with E-state index in [1.54, 1.807) is 19.4 Å². The fourth-order valence-electron chi connectivity index (χ4n) is 4.22. The van der Waals surface area contributed by atoms with Gasteiger partial charge in [0.05, 0.1) is 18.8 Å². The molecule has 1 saturated heterocycles. The van der Waals surface area contributed by atoms with E-state index in [2.05, 4.69) is 9.97 Å². The minimum atomic E-state index is -0.133. The molecule has 1 fully saturated rings. The third-order valence-electron chi connectivity index (χ3n) is 5.91. The van der Waals surface area contributed by atoms with Gasteiger partial charge in [0.25, 0.3) is 5.91 Å². The van der Waals surface area contributed by atoms with E-state index in [1.165, 1.54) is 0 Å². The van der Waals surface area contributed by atoms with Gasteiger partial charge in [-0.05, 0) is 61.6 Å². The molecule has 4 rings (SSSR count). The number of rotatable bonds is 5. The van der Waals surface area contributed by atoms with Crippen LogP contribution < -0.4 is 9.64 Å². The lowest BCUT2D eigenvalue weighted by atomic mass is 9.92. The van der Waals surface area contributed by atoms with E-state index in [0.717, 1.165) is 41.6 Å². The number of amides is 1. The van der Waals surface area contributed by atoms with Crippen molar-refractivity contribution in [3.63, 3.8) is 0 Å². The second-order valence-electron chi connectivity index (χ2n) is 8.30. The van der Waals surface area contributed by atoms with Gasteiger partial charge in [-0.1, -0.05) is 6.07 Å². The molecule has 2 aromatic heterocycles. The Morgan fingerprint density at radius 3 is 2.75 bits per heavy atom. The molecule has 1 amide bonds. The minimum Gasteiger partial charge on any atom is -0.497 e. The number of anilines is 1. The summed E-state index contributed by atoms with van der Waals surface area (Å²) >= 11 is 0. The average molecular weight is 432 g/mol. The molecule has 1 aliphatic heterocycles. The summed E-state index contributed by atoms with van der Waals surface area (Å²) in [6, 6.07) is 9.20. The lowest BCUT2D eigenvalue weighted by Crippen LogP contribution is -2.39. The molecule has 0 spiro atoms. The Hall–Kier alpha value is -3.48. The van der Waals surface area contributed by atoms with Gasteiger partial charge in [0, 0.05) is 50.4 Å². The van der Waals surface area contributed by atoms with Crippen molar-refractivity contribution in [3.8, 4) is 16.9 Å². The normalized spacial score (nSPS) is 16.0. The first-order valence-corrected chi connectivity index (χ1v) is 10.9. The maximum atomic E-state index is 13.6. The van der Waals surface area contributed by atoms with Gasteiger partial charge in [0.1, 0.15) is 5.75 Å². The predicted octanol–water partition coefficient (Wildman–Crippen LogP) is 4.29. The molecule has 3 aromatic rings. The van der Waals surface area contributed by atoms with Gasteiger partial charge in [-0.2, -0.15) is 0 Å². The highest BCUT2D eigenvalue weighted by Gasteiger charge is 2.32. The van der Waals surface area contributed by atoms with Crippen molar-refractivity contribution in [2.75, 3.05) is 32.6 Å². The molecule has 0 radical (unpaired) electrons. The number of hydrogen-bond acceptors (Lipinski definition) is 6. The summed E-state index contributed by atoms with van der Waals surface area (Å²) in [7, 11) is 5.47. The maximum Gasteiger partial charge on any atom is 0.254 e. The monoisotopic (exact) mass is 431 g/mol. The van der Waals surface area contributed by atoms with Gasteiger partial charge >= 0.3 is 0 Å². The second-order valence-corrected chi connectivity index (χ2v) is 8.30. The highest BCUT2D eigenvalue weighted by Crippen LogP contribution is 2.38. The van der Waals surface area contributed by atoms with Crippen molar-refractivity contribution in [2.24, 2.45) is 0 Å². The van der Waals surface area contributed by atoms with Crippen LogP contribution in [-0.4, -0.2) is 53.5 Å². The number of methoxy groups -OCH3 is 1. The van der Waals surface area contributed by atoms with Gasteiger partial charge < -0.3 is 14.5 Å². The minimum absolute atomic E-state index is 0.00369. The van der Waals surface area contributed by atoms with E-state index in [0.29, 0.717) is 23.8 Å². The summed E-state index contributed by atoms with van der Waals surface area (Å²) in [5.41, 5.74) is 4.55. The van der Waals surface area contributed by atoms with Crippen molar-refractivity contribution in [1.29, 1.82) is 0 Å². The molecule has 0 saturated carbocycles. The van der Waals surface area contributed by atoms with Gasteiger partial charge in [0.2, 0.25) is 5.95 Å². The maximum absolute atomic E-state index is 13.6. The summed E-state index contributed by atoms with van der Waals surface area (Å²) in [5.74, 6) is 1.31. The van der Waals surface area contributed by atoms with Crippen molar-refractivity contribution >= 4 is 11.9 Å². The van der Waals surface area contributed by atoms with Crippen LogP contribution >= 0.6 is 0 Å². The Bertz CT molecular complexity index is 1110. The smallest absolute Gasteiger partial charge is 0.254 e. The summed E-state index contributed by atoms with van der Waals surface area (Å²) < 4.78 is 5.33. The number of carbonyl (C=O) groups excluding carboxylic acids is 1. The van der Waals surface area contributed by atoms with Crippen LogP contribution in [-0.2, 0) is 0 Å². The van der Waals surface area contributed by atoms with Crippen LogP contribution in [0.4, 0.5) is 5.95 Å². The first-order chi connectivity index (χ1) is 15.5. The topological polar surface area (TPSA) is 71.5 Å². The summed E-state index contributed by atoms with van der Waals surface area (Å²) in [4.78, 5) is 31.2. The number of aromatic nitrogens is 3. The third-order valence-corrected chi connectivity index (χ3v) is 5.91. The zero-order chi connectivity index (χ0) is 22.7. The average Bonchev–Trinajstić information content (AvgIpc) is 2.83. The third kappa shape index (κ3) is 4.28. The Morgan fingerprint density at radius 1 is 1.16 bits per heavy atom. The van der Waals surface area contributed by atoms with E-state index in [4.69, 9.17) is 9.72 Å². The number of benzene rings is 1. The first kappa shape index (κ1) is 21.7. The second kappa shape index (κ2) is 9.34. The molecule has 0 aliphatic carbocycles. The van der Waals surface area contributed by atoms with Crippen LogP contribution in [0.3, 0.4) is 0 Å². The van der Waals surface area contributed by atoms with Crippen molar-refractivity contribution in [3.05, 3.63) is 65.7 Å². The number of aryl methyl sites for hydroxylation is 1. The number of nitrogens with zero attached hydrogens (tertiary/aromatic N) is 5. The standard InChI is InChI=1S/C25H29N5O2/c1-17-15-26-12-11-20(17)21-16-27-25(29(2)3)28-23(21)22-10-5-6-13-30(22)24(31)18-8-7-9-19(14-18)32-4/h7-9,11-12,14-16,22H,5-6,10,13H2,1-4H3/t22-/m0/s1.